The third kappa shape index (κ3) is 4.41. The van der Waals surface area contributed by atoms with E-state index in [9.17, 15) is 4.79 Å². The molecule has 0 amide bonds. The first-order valence-electron chi connectivity index (χ1n) is 10.5. The maximum atomic E-state index is 11.5. The molecular formula is C24H31BO4Si. The molecule has 0 spiro atoms. The summed E-state index contributed by atoms with van der Waals surface area (Å²) in [5, 5.41) is 2.32. The monoisotopic (exact) mass is 422 g/mol. The highest BCUT2D eigenvalue weighted by atomic mass is 28.4. The minimum atomic E-state index is -2.65. The van der Waals surface area contributed by atoms with E-state index in [2.05, 4.69) is 69.3 Å². The number of hydrogen-bond donors (Lipinski definition) is 0. The summed E-state index contributed by atoms with van der Waals surface area (Å²) in [7, 11) is 3.46. The first-order valence-corrected chi connectivity index (χ1v) is 12.4. The van der Waals surface area contributed by atoms with E-state index in [-0.39, 0.29) is 23.0 Å². The van der Waals surface area contributed by atoms with Gasteiger partial charge in [0.2, 0.25) is 0 Å². The molecule has 0 bridgehead atoms. The molecule has 1 saturated heterocycles. The molecule has 1 fully saturated rings. The normalized spacial score (nSPS) is 24.6. The van der Waals surface area contributed by atoms with Gasteiger partial charge < -0.3 is 13.9 Å². The molecule has 1 heterocycles. The number of benzene rings is 2. The Morgan fingerprint density at radius 2 is 1.53 bits per heavy atom. The number of hydrogen-bond acceptors (Lipinski definition) is 4. The molecule has 158 valence electrons. The Hall–Kier alpha value is -1.89. The van der Waals surface area contributed by atoms with Gasteiger partial charge in [0.1, 0.15) is 14.0 Å². The van der Waals surface area contributed by atoms with Crippen LogP contribution in [0.5, 0.6) is 0 Å². The van der Waals surface area contributed by atoms with Crippen molar-refractivity contribution in [3.8, 4) is 0 Å². The second-order valence-electron chi connectivity index (χ2n) is 9.05. The highest BCUT2D eigenvalue weighted by Crippen LogP contribution is 2.38. The summed E-state index contributed by atoms with van der Waals surface area (Å²) in [6.07, 6.45) is -0.707. The molecule has 0 N–H and O–H groups in total. The third-order valence-corrected chi connectivity index (χ3v) is 10.9. The van der Waals surface area contributed by atoms with Crippen molar-refractivity contribution in [3.63, 3.8) is 0 Å². The molecule has 1 aliphatic rings. The Morgan fingerprint density at radius 1 is 1.03 bits per heavy atom. The Balaban J connectivity index is 1.96. The van der Waals surface area contributed by atoms with Crippen LogP contribution in [0.2, 0.25) is 5.04 Å². The predicted octanol–water partition coefficient (Wildman–Crippen LogP) is 3.02. The van der Waals surface area contributed by atoms with Crippen LogP contribution in [0, 0.1) is 5.92 Å². The summed E-state index contributed by atoms with van der Waals surface area (Å²) in [6, 6.07) is 20.3. The van der Waals surface area contributed by atoms with E-state index in [1.54, 1.807) is 0 Å². The van der Waals surface area contributed by atoms with Crippen LogP contribution in [0.4, 0.5) is 0 Å². The lowest BCUT2D eigenvalue weighted by atomic mass is 9.88. The molecule has 2 radical (unpaired) electrons. The van der Waals surface area contributed by atoms with E-state index in [1.807, 2.05) is 19.1 Å². The molecule has 3 rings (SSSR count). The zero-order chi connectivity index (χ0) is 21.9. The van der Waals surface area contributed by atoms with Crippen molar-refractivity contribution in [3.05, 3.63) is 60.7 Å². The topological polar surface area (TPSA) is 44.8 Å². The molecule has 2 aromatic carbocycles. The fourth-order valence-electron chi connectivity index (χ4n) is 4.44. The van der Waals surface area contributed by atoms with Gasteiger partial charge in [-0.1, -0.05) is 88.4 Å². The van der Waals surface area contributed by atoms with Crippen LogP contribution in [0.1, 0.15) is 34.6 Å². The molecule has 0 aliphatic carbocycles. The fraction of sp³-hybridized carbons (Fsp3) is 0.458. The highest BCUT2D eigenvalue weighted by molar-refractivity contribution is 6.99. The molecule has 30 heavy (non-hydrogen) atoms. The van der Waals surface area contributed by atoms with Gasteiger partial charge >= 0.3 is 5.97 Å². The maximum absolute atomic E-state index is 11.5. The van der Waals surface area contributed by atoms with Crippen molar-refractivity contribution in [2.75, 3.05) is 6.61 Å². The van der Waals surface area contributed by atoms with E-state index < -0.39 is 20.4 Å². The van der Waals surface area contributed by atoms with Crippen molar-refractivity contribution in [1.29, 1.82) is 0 Å². The van der Waals surface area contributed by atoms with Crippen LogP contribution in [-0.2, 0) is 18.7 Å². The van der Waals surface area contributed by atoms with Crippen LogP contribution in [0.25, 0.3) is 0 Å². The molecule has 4 nitrogen and oxygen atoms in total. The Labute approximate surface area is 182 Å². The summed E-state index contributed by atoms with van der Waals surface area (Å²) in [5.74, 6) is -0.401. The van der Waals surface area contributed by atoms with Crippen molar-refractivity contribution >= 4 is 32.5 Å². The van der Waals surface area contributed by atoms with E-state index in [0.717, 1.165) is 0 Å². The summed E-state index contributed by atoms with van der Waals surface area (Å²) in [5.41, 5.74) is 0. The summed E-state index contributed by atoms with van der Waals surface area (Å²) >= 11 is 0. The predicted molar refractivity (Wildman–Crippen MR) is 123 cm³/mol. The van der Waals surface area contributed by atoms with Crippen molar-refractivity contribution in [1.82, 2.24) is 0 Å². The minimum absolute atomic E-state index is 0.0536. The summed E-state index contributed by atoms with van der Waals surface area (Å²) in [6.45, 7) is 10.5. The molecule has 1 aliphatic heterocycles. The van der Waals surface area contributed by atoms with E-state index in [1.165, 1.54) is 17.3 Å². The summed E-state index contributed by atoms with van der Waals surface area (Å²) < 4.78 is 18.3. The number of esters is 1. The number of rotatable bonds is 6. The zero-order valence-electron chi connectivity index (χ0n) is 18.5. The molecule has 4 atom stereocenters. The van der Waals surface area contributed by atoms with Crippen molar-refractivity contribution in [2.45, 2.75) is 57.9 Å². The SMILES string of the molecule is [B][C@@H]1O[C@H](CO[Si](c2ccccc2)(c2ccccc2)C(C)(C)C)[C@@H](C)[C@H]1OC(C)=O. The lowest BCUT2D eigenvalue weighted by molar-refractivity contribution is -0.148. The Bertz CT molecular complexity index is 798. The van der Waals surface area contributed by atoms with Gasteiger partial charge in [0.15, 0.2) is 0 Å². The number of carbonyl (C=O) groups is 1. The van der Waals surface area contributed by atoms with Gasteiger partial charge in [0, 0.05) is 12.8 Å². The van der Waals surface area contributed by atoms with Gasteiger partial charge in [-0.2, -0.15) is 0 Å². The van der Waals surface area contributed by atoms with Crippen LogP contribution in [0.15, 0.2) is 60.7 Å². The van der Waals surface area contributed by atoms with Crippen molar-refractivity contribution < 1.29 is 18.7 Å². The van der Waals surface area contributed by atoms with E-state index in [4.69, 9.17) is 21.7 Å². The molecular weight excluding hydrogens is 391 g/mol. The largest absolute Gasteiger partial charge is 0.460 e. The Morgan fingerprint density at radius 3 is 1.97 bits per heavy atom. The smallest absolute Gasteiger partial charge is 0.302 e. The second-order valence-corrected chi connectivity index (χ2v) is 13.4. The summed E-state index contributed by atoms with van der Waals surface area (Å²) in [4.78, 5) is 11.5. The fourth-order valence-corrected chi connectivity index (χ4v) is 9.01. The first kappa shape index (κ1) is 22.8. The second kappa shape index (κ2) is 9.08. The molecule has 6 heteroatoms. The molecule has 2 aromatic rings. The van der Waals surface area contributed by atoms with Gasteiger partial charge in [-0.25, -0.2) is 0 Å². The average Bonchev–Trinajstić information content (AvgIpc) is 2.96. The number of ether oxygens (including phenoxy) is 2. The maximum Gasteiger partial charge on any atom is 0.302 e. The van der Waals surface area contributed by atoms with Crippen LogP contribution < -0.4 is 10.4 Å². The lowest BCUT2D eigenvalue weighted by Gasteiger charge is -2.43. The Kier molecular flexibility index (Phi) is 6.90. The quantitative estimate of drug-likeness (QED) is 0.530. The van der Waals surface area contributed by atoms with Gasteiger partial charge in [-0.3, -0.25) is 4.79 Å². The van der Waals surface area contributed by atoms with Crippen LogP contribution in [-0.4, -0.2) is 47.0 Å². The molecule has 0 saturated carbocycles. The minimum Gasteiger partial charge on any atom is -0.460 e. The van der Waals surface area contributed by atoms with E-state index in [0.29, 0.717) is 6.61 Å². The zero-order valence-corrected chi connectivity index (χ0v) is 19.5. The third-order valence-electron chi connectivity index (χ3n) is 5.94. The molecule has 0 unspecified atom stereocenters. The van der Waals surface area contributed by atoms with Gasteiger partial charge in [0.05, 0.1) is 18.7 Å². The van der Waals surface area contributed by atoms with Gasteiger partial charge in [-0.15, -0.1) is 0 Å². The highest BCUT2D eigenvalue weighted by Gasteiger charge is 2.51. The van der Waals surface area contributed by atoms with Crippen LogP contribution >= 0.6 is 0 Å². The average molecular weight is 422 g/mol. The van der Waals surface area contributed by atoms with Crippen LogP contribution in [0.3, 0.4) is 0 Å². The van der Waals surface area contributed by atoms with Gasteiger partial charge in [-0.05, 0) is 15.4 Å². The number of carbonyl (C=O) groups excluding carboxylic acids is 1. The lowest BCUT2D eigenvalue weighted by Crippen LogP contribution is -2.67. The first-order chi connectivity index (χ1) is 14.2. The standard InChI is InChI=1S/C24H31BO4Si/c1-17-21(29-23(25)22(17)28-18(2)26)16-27-30(24(3,4)5,19-12-8-6-9-13-19)20-14-10-7-11-15-20/h6-15,17,21-23H,16H2,1-5H3/t17-,21-,22-,23-/m1/s1. The van der Waals surface area contributed by atoms with Gasteiger partial charge in [0.25, 0.3) is 8.32 Å². The van der Waals surface area contributed by atoms with E-state index >= 15 is 0 Å². The van der Waals surface area contributed by atoms with Crippen molar-refractivity contribution in [2.24, 2.45) is 5.92 Å². The molecule has 0 aromatic heterocycles.